The average Bonchev–Trinajstić information content (AvgIpc) is 2.31. The Kier molecular flexibility index (Phi) is 3.70. The van der Waals surface area contributed by atoms with Crippen molar-refractivity contribution in [2.24, 2.45) is 0 Å². The molecule has 1 aromatic heterocycles. The van der Waals surface area contributed by atoms with Crippen molar-refractivity contribution < 1.29 is 5.11 Å². The molecule has 2 aromatic rings. The Hall–Kier alpha value is -1.32. The molecule has 0 aliphatic rings. The second-order valence-electron chi connectivity index (χ2n) is 5.32. The van der Waals surface area contributed by atoms with Crippen molar-refractivity contribution in [2.45, 2.75) is 26.2 Å². The van der Waals surface area contributed by atoms with Crippen molar-refractivity contribution in [3.8, 4) is 17.1 Å². The van der Waals surface area contributed by atoms with Gasteiger partial charge in [-0.1, -0.05) is 44.0 Å². The minimum atomic E-state index is -0.123. The van der Waals surface area contributed by atoms with Gasteiger partial charge in [0.25, 0.3) is 0 Å². The van der Waals surface area contributed by atoms with Crippen molar-refractivity contribution in [1.82, 2.24) is 9.97 Å². The summed E-state index contributed by atoms with van der Waals surface area (Å²) in [7, 11) is 0. The van der Waals surface area contributed by atoms with E-state index in [-0.39, 0.29) is 16.2 Å². The van der Waals surface area contributed by atoms with Gasteiger partial charge in [0.05, 0.1) is 10.7 Å². The zero-order valence-electron chi connectivity index (χ0n) is 10.9. The number of benzene rings is 1. The SMILES string of the molecule is CC(C)(C)c1cc(Cl)nc(-c2ccc(O)c(Cl)c2)n1. The maximum Gasteiger partial charge on any atom is 0.161 e. The van der Waals surface area contributed by atoms with Gasteiger partial charge in [0.1, 0.15) is 10.9 Å². The van der Waals surface area contributed by atoms with E-state index in [1.807, 2.05) is 0 Å². The first-order valence-corrected chi connectivity index (χ1v) is 6.57. The highest BCUT2D eigenvalue weighted by atomic mass is 35.5. The van der Waals surface area contributed by atoms with E-state index in [0.29, 0.717) is 11.0 Å². The highest BCUT2D eigenvalue weighted by molar-refractivity contribution is 6.32. The summed E-state index contributed by atoms with van der Waals surface area (Å²) >= 11 is 11.9. The number of nitrogens with zero attached hydrogens (tertiary/aromatic N) is 2. The van der Waals surface area contributed by atoms with Gasteiger partial charge < -0.3 is 5.11 Å². The van der Waals surface area contributed by atoms with E-state index >= 15 is 0 Å². The minimum Gasteiger partial charge on any atom is -0.506 e. The second kappa shape index (κ2) is 4.99. The van der Waals surface area contributed by atoms with Crippen LogP contribution >= 0.6 is 23.2 Å². The van der Waals surface area contributed by atoms with E-state index in [1.54, 1.807) is 18.2 Å². The van der Waals surface area contributed by atoms with Gasteiger partial charge in [0.2, 0.25) is 0 Å². The summed E-state index contributed by atoms with van der Waals surface area (Å²) in [5, 5.41) is 10.1. The zero-order valence-corrected chi connectivity index (χ0v) is 12.4. The average molecular weight is 297 g/mol. The van der Waals surface area contributed by atoms with E-state index in [1.165, 1.54) is 6.07 Å². The molecule has 5 heteroatoms. The molecule has 0 aliphatic heterocycles. The van der Waals surface area contributed by atoms with Crippen LogP contribution in [0.2, 0.25) is 10.2 Å². The van der Waals surface area contributed by atoms with Gasteiger partial charge in [-0.25, -0.2) is 9.97 Å². The molecule has 0 unspecified atom stereocenters. The van der Waals surface area contributed by atoms with Crippen molar-refractivity contribution >= 4 is 23.2 Å². The van der Waals surface area contributed by atoms with Crippen LogP contribution in [0.1, 0.15) is 26.5 Å². The van der Waals surface area contributed by atoms with Crippen LogP contribution in [0, 0.1) is 0 Å². The number of aromatic nitrogens is 2. The van der Waals surface area contributed by atoms with Crippen LogP contribution in [0.25, 0.3) is 11.4 Å². The molecule has 2 rings (SSSR count). The molecular formula is C14H14Cl2N2O. The Bertz CT molecular complexity index is 621. The van der Waals surface area contributed by atoms with Gasteiger partial charge in [-0.15, -0.1) is 0 Å². The molecule has 0 spiro atoms. The third-order valence-corrected chi connectivity index (χ3v) is 3.17. The number of rotatable bonds is 1. The molecular weight excluding hydrogens is 283 g/mol. The summed E-state index contributed by atoms with van der Waals surface area (Å²) < 4.78 is 0. The molecule has 0 amide bonds. The first-order valence-electron chi connectivity index (χ1n) is 5.81. The predicted molar refractivity (Wildman–Crippen MR) is 77.9 cm³/mol. The third kappa shape index (κ3) is 3.17. The van der Waals surface area contributed by atoms with Gasteiger partial charge in [0, 0.05) is 11.0 Å². The molecule has 0 radical (unpaired) electrons. The Labute approximate surface area is 122 Å². The van der Waals surface area contributed by atoms with Crippen LogP contribution in [0.3, 0.4) is 0 Å². The van der Waals surface area contributed by atoms with Gasteiger partial charge >= 0.3 is 0 Å². The molecule has 0 saturated carbocycles. The Balaban J connectivity index is 2.56. The molecule has 100 valence electrons. The number of hydrogen-bond acceptors (Lipinski definition) is 3. The molecule has 1 aromatic carbocycles. The molecule has 0 atom stereocenters. The first-order chi connectivity index (χ1) is 8.77. The van der Waals surface area contributed by atoms with Crippen molar-refractivity contribution in [2.75, 3.05) is 0 Å². The van der Waals surface area contributed by atoms with E-state index in [4.69, 9.17) is 23.2 Å². The van der Waals surface area contributed by atoms with Crippen LogP contribution in [-0.2, 0) is 5.41 Å². The molecule has 0 saturated heterocycles. The van der Waals surface area contributed by atoms with Crippen LogP contribution < -0.4 is 0 Å². The van der Waals surface area contributed by atoms with Gasteiger partial charge in [-0.05, 0) is 24.3 Å². The summed E-state index contributed by atoms with van der Waals surface area (Å²) in [6, 6.07) is 6.60. The molecule has 3 nitrogen and oxygen atoms in total. The number of aromatic hydroxyl groups is 1. The van der Waals surface area contributed by atoms with E-state index < -0.39 is 0 Å². The summed E-state index contributed by atoms with van der Waals surface area (Å²) in [6.45, 7) is 6.16. The van der Waals surface area contributed by atoms with E-state index in [2.05, 4.69) is 30.7 Å². The Morgan fingerprint density at radius 2 is 1.74 bits per heavy atom. The fourth-order valence-corrected chi connectivity index (χ4v) is 1.94. The summed E-state index contributed by atoms with van der Waals surface area (Å²) in [6.07, 6.45) is 0. The lowest BCUT2D eigenvalue weighted by molar-refractivity contribution is 0.475. The molecule has 1 heterocycles. The molecule has 0 bridgehead atoms. The lowest BCUT2D eigenvalue weighted by Crippen LogP contribution is -2.14. The quantitative estimate of drug-likeness (QED) is 0.791. The summed E-state index contributed by atoms with van der Waals surface area (Å²) in [4.78, 5) is 8.71. The third-order valence-electron chi connectivity index (χ3n) is 2.67. The second-order valence-corrected chi connectivity index (χ2v) is 6.11. The largest absolute Gasteiger partial charge is 0.506 e. The fourth-order valence-electron chi connectivity index (χ4n) is 1.58. The van der Waals surface area contributed by atoms with Crippen molar-refractivity contribution in [3.63, 3.8) is 0 Å². The van der Waals surface area contributed by atoms with E-state index in [9.17, 15) is 5.11 Å². The maximum atomic E-state index is 9.43. The van der Waals surface area contributed by atoms with Gasteiger partial charge in [0.15, 0.2) is 5.82 Å². The minimum absolute atomic E-state index is 0.0310. The lowest BCUT2D eigenvalue weighted by atomic mass is 9.92. The predicted octanol–water partition coefficient (Wildman–Crippen LogP) is 4.45. The standard InChI is InChI=1S/C14H14Cl2N2O/c1-14(2,3)11-7-12(16)18-13(17-11)8-4-5-10(19)9(15)6-8/h4-7,19H,1-3H3. The van der Waals surface area contributed by atoms with Crippen molar-refractivity contribution in [3.05, 3.63) is 40.1 Å². The van der Waals surface area contributed by atoms with Gasteiger partial charge in [-0.3, -0.25) is 0 Å². The van der Waals surface area contributed by atoms with Crippen molar-refractivity contribution in [1.29, 1.82) is 0 Å². The van der Waals surface area contributed by atoms with Crippen LogP contribution in [0.4, 0.5) is 0 Å². The summed E-state index contributed by atoms with van der Waals surface area (Å²) in [5.74, 6) is 0.530. The number of hydrogen-bond donors (Lipinski definition) is 1. The smallest absolute Gasteiger partial charge is 0.161 e. The molecule has 0 fully saturated rings. The highest BCUT2D eigenvalue weighted by Gasteiger charge is 2.18. The van der Waals surface area contributed by atoms with Crippen LogP contribution in [0.5, 0.6) is 5.75 Å². The lowest BCUT2D eigenvalue weighted by Gasteiger charge is -2.18. The monoisotopic (exact) mass is 296 g/mol. The zero-order chi connectivity index (χ0) is 14.2. The molecule has 19 heavy (non-hydrogen) atoms. The topological polar surface area (TPSA) is 46.0 Å². The first kappa shape index (κ1) is 14.1. The van der Waals surface area contributed by atoms with Gasteiger partial charge in [-0.2, -0.15) is 0 Å². The Morgan fingerprint density at radius 3 is 2.32 bits per heavy atom. The maximum absolute atomic E-state index is 9.43. The fraction of sp³-hybridized carbons (Fsp3) is 0.286. The van der Waals surface area contributed by atoms with Crippen LogP contribution in [0.15, 0.2) is 24.3 Å². The Morgan fingerprint density at radius 1 is 1.05 bits per heavy atom. The summed E-state index contributed by atoms with van der Waals surface area (Å²) in [5.41, 5.74) is 1.45. The molecule has 1 N–H and O–H groups in total. The number of halogens is 2. The van der Waals surface area contributed by atoms with Crippen LogP contribution in [-0.4, -0.2) is 15.1 Å². The number of phenols is 1. The van der Waals surface area contributed by atoms with E-state index in [0.717, 1.165) is 11.3 Å². The molecule has 0 aliphatic carbocycles. The normalized spacial score (nSPS) is 11.6. The number of phenolic OH excluding ortho intramolecular Hbond substituents is 1. The highest BCUT2D eigenvalue weighted by Crippen LogP contribution is 2.30.